The third-order valence-electron chi connectivity index (χ3n) is 12.2. The number of hydrogen-bond acceptors (Lipinski definition) is 1. The summed E-state index contributed by atoms with van der Waals surface area (Å²) < 4.78 is 2.75. The normalized spacial score (nSPS) is 21.8. The Kier molecular flexibility index (Phi) is 5.94. The maximum atomic E-state index is 2.51. The molecule has 4 aliphatic rings. The molecule has 0 saturated heterocycles. The van der Waals surface area contributed by atoms with Crippen LogP contribution in [0.3, 0.4) is 0 Å². The van der Waals surface area contributed by atoms with Crippen LogP contribution in [0.15, 0.2) is 157 Å². The Balaban J connectivity index is 1.10. The van der Waals surface area contributed by atoms with E-state index in [9.17, 15) is 0 Å². The summed E-state index contributed by atoms with van der Waals surface area (Å²) in [5, 5.41) is 10.9. The van der Waals surface area contributed by atoms with Gasteiger partial charge in [0, 0.05) is 43.3 Å². The highest BCUT2D eigenvalue weighted by Gasteiger charge is 2.44. The summed E-state index contributed by atoms with van der Waals surface area (Å²) in [5.74, 6) is 1.11. The number of rotatable bonds is 2. The van der Waals surface area contributed by atoms with Crippen LogP contribution in [0.2, 0.25) is 0 Å². The van der Waals surface area contributed by atoms with Crippen molar-refractivity contribution < 1.29 is 0 Å². The van der Waals surface area contributed by atoms with Crippen LogP contribution in [0, 0.1) is 11.8 Å². The molecule has 0 fully saturated rings. The van der Waals surface area contributed by atoms with Crippen LogP contribution in [0.5, 0.6) is 0 Å². The van der Waals surface area contributed by atoms with Crippen molar-refractivity contribution in [2.45, 2.75) is 31.6 Å². The first-order valence-electron chi connectivity index (χ1n) is 18.0. The van der Waals surface area contributed by atoms with E-state index in [-0.39, 0.29) is 5.41 Å². The van der Waals surface area contributed by atoms with E-state index >= 15 is 0 Å². The van der Waals surface area contributed by atoms with Gasteiger partial charge in [0.15, 0.2) is 0 Å². The minimum Gasteiger partial charge on any atom is -0.135 e. The smallest absolute Gasteiger partial charge is 0.0361 e. The molecule has 0 N–H and O–H groups in total. The lowest BCUT2D eigenvalue weighted by Crippen LogP contribution is -2.18. The van der Waals surface area contributed by atoms with Crippen LogP contribution < -0.4 is 0 Å². The fraction of sp³-hybridized carbons (Fsp3) is 0.143. The fourth-order valence-electron chi connectivity index (χ4n) is 10.1. The third kappa shape index (κ3) is 3.87. The number of fused-ring (bicyclic) bond motifs is 11. The van der Waals surface area contributed by atoms with Gasteiger partial charge in [-0.3, -0.25) is 0 Å². The van der Waals surface area contributed by atoms with E-state index in [0.717, 1.165) is 6.42 Å². The average molecular weight is 657 g/mol. The summed E-state index contributed by atoms with van der Waals surface area (Å²) in [6.45, 7) is 4.92. The van der Waals surface area contributed by atoms with E-state index < -0.39 is 0 Å². The molecule has 0 radical (unpaired) electrons. The largest absolute Gasteiger partial charge is 0.135 e. The standard InChI is InChI=1S/C49H36S/c1-49(2)43-25-23-31(26-41(43)39-24-22-30-27-45-42(28-40(30)48(39)49)33-15-9-10-21-44(33)50-45)46-35-16-5-7-18-37(35)47(38-19-8-6-17-36(38)46)34-20-11-13-29-12-3-4-14-32(29)34/h3-25,27-29,32,41H,26H2,1-2H3. The van der Waals surface area contributed by atoms with Gasteiger partial charge in [0.2, 0.25) is 0 Å². The van der Waals surface area contributed by atoms with Gasteiger partial charge in [0.1, 0.15) is 0 Å². The van der Waals surface area contributed by atoms with Gasteiger partial charge in [0.25, 0.3) is 0 Å². The highest BCUT2D eigenvalue weighted by molar-refractivity contribution is 7.25. The molecule has 11 rings (SSSR count). The summed E-state index contributed by atoms with van der Waals surface area (Å²) in [7, 11) is 0. The maximum absolute atomic E-state index is 2.51. The van der Waals surface area contributed by atoms with Crippen LogP contribution in [-0.4, -0.2) is 0 Å². The number of allylic oxidation sites excluding steroid dienone is 12. The topological polar surface area (TPSA) is 0 Å². The second kappa shape index (κ2) is 10.4. The monoisotopic (exact) mass is 656 g/mol. The Hall–Kier alpha value is -5.24. The molecule has 0 saturated carbocycles. The van der Waals surface area contributed by atoms with Gasteiger partial charge in [-0.1, -0.05) is 153 Å². The summed E-state index contributed by atoms with van der Waals surface area (Å²) in [6, 6.07) is 37.0. The molecule has 1 heterocycles. The van der Waals surface area contributed by atoms with Crippen molar-refractivity contribution >= 4 is 75.0 Å². The van der Waals surface area contributed by atoms with Crippen molar-refractivity contribution in [3.05, 3.63) is 180 Å². The minimum absolute atomic E-state index is 0.0471. The van der Waals surface area contributed by atoms with Crippen LogP contribution in [0.25, 0.3) is 63.6 Å². The van der Waals surface area contributed by atoms with Crippen LogP contribution >= 0.6 is 11.3 Å². The maximum Gasteiger partial charge on any atom is 0.0361 e. The van der Waals surface area contributed by atoms with Gasteiger partial charge in [-0.15, -0.1) is 11.3 Å². The molecular formula is C49H36S. The second-order valence-corrected chi connectivity index (χ2v) is 16.2. The molecule has 4 aliphatic carbocycles. The zero-order chi connectivity index (χ0) is 33.1. The Morgan fingerprint density at radius 2 is 1.26 bits per heavy atom. The second-order valence-electron chi connectivity index (χ2n) is 15.1. The SMILES string of the molecule is CC1(C)C2=CC=C(c3c4ccccc4c(C4=CC=CC5C=CC=CC45)c4ccccc34)CC2c2ccc3cc4sc5ccccc5c4cc3c21. The first-order valence-corrected chi connectivity index (χ1v) is 18.8. The fourth-order valence-corrected chi connectivity index (χ4v) is 11.2. The minimum atomic E-state index is -0.0471. The summed E-state index contributed by atoms with van der Waals surface area (Å²) in [4.78, 5) is 0. The van der Waals surface area contributed by atoms with Crippen molar-refractivity contribution in [3.63, 3.8) is 0 Å². The Labute approximate surface area is 296 Å². The molecule has 0 amide bonds. The lowest BCUT2D eigenvalue weighted by Gasteiger charge is -2.31. The van der Waals surface area contributed by atoms with Crippen molar-refractivity contribution in [2.24, 2.45) is 11.8 Å². The molecule has 7 aromatic rings. The van der Waals surface area contributed by atoms with Crippen LogP contribution in [0.4, 0.5) is 0 Å². The quantitative estimate of drug-likeness (QED) is 0.162. The molecular weight excluding hydrogens is 621 g/mol. The van der Waals surface area contributed by atoms with E-state index in [4.69, 9.17) is 0 Å². The van der Waals surface area contributed by atoms with Gasteiger partial charge in [-0.2, -0.15) is 0 Å². The Morgan fingerprint density at radius 3 is 2.04 bits per heavy atom. The molecule has 1 aromatic heterocycles. The molecule has 1 heteroatoms. The Morgan fingerprint density at radius 1 is 0.580 bits per heavy atom. The molecule has 0 nitrogen and oxygen atoms in total. The molecule has 6 aromatic carbocycles. The first-order chi connectivity index (χ1) is 24.6. The number of thiophene rings is 1. The van der Waals surface area contributed by atoms with Crippen molar-refractivity contribution in [1.29, 1.82) is 0 Å². The number of hydrogen-bond donors (Lipinski definition) is 0. The highest BCUT2D eigenvalue weighted by atomic mass is 32.1. The van der Waals surface area contributed by atoms with Crippen molar-refractivity contribution in [1.82, 2.24) is 0 Å². The lowest BCUT2D eigenvalue weighted by atomic mass is 9.73. The zero-order valence-electron chi connectivity index (χ0n) is 28.3. The molecule has 3 unspecified atom stereocenters. The molecule has 3 atom stereocenters. The molecule has 0 aliphatic heterocycles. The summed E-state index contributed by atoms with van der Waals surface area (Å²) >= 11 is 1.91. The molecule has 50 heavy (non-hydrogen) atoms. The van der Waals surface area contributed by atoms with Crippen LogP contribution in [-0.2, 0) is 5.41 Å². The zero-order valence-corrected chi connectivity index (χ0v) is 29.1. The summed E-state index contributed by atoms with van der Waals surface area (Å²) in [5.41, 5.74) is 10.2. The van der Waals surface area contributed by atoms with Gasteiger partial charge in [-0.25, -0.2) is 0 Å². The van der Waals surface area contributed by atoms with Gasteiger partial charge < -0.3 is 0 Å². The van der Waals surface area contributed by atoms with E-state index in [0.29, 0.717) is 17.8 Å². The summed E-state index contributed by atoms with van der Waals surface area (Å²) in [6.07, 6.45) is 22.1. The molecule has 238 valence electrons. The molecule has 0 spiro atoms. The van der Waals surface area contributed by atoms with Crippen LogP contribution in [0.1, 0.15) is 48.4 Å². The predicted octanol–water partition coefficient (Wildman–Crippen LogP) is 13.6. The average Bonchev–Trinajstić information content (AvgIpc) is 3.63. The van der Waals surface area contributed by atoms with Crippen molar-refractivity contribution in [2.75, 3.05) is 0 Å². The van der Waals surface area contributed by atoms with E-state index in [2.05, 4.69) is 166 Å². The Bertz CT molecular complexity index is 2770. The van der Waals surface area contributed by atoms with Gasteiger partial charge in [-0.05, 0) is 90.3 Å². The lowest BCUT2D eigenvalue weighted by molar-refractivity contribution is 0.618. The van der Waals surface area contributed by atoms with Gasteiger partial charge in [0.05, 0.1) is 0 Å². The van der Waals surface area contributed by atoms with Gasteiger partial charge >= 0.3 is 0 Å². The van der Waals surface area contributed by atoms with E-state index in [1.165, 1.54) is 85.9 Å². The van der Waals surface area contributed by atoms with E-state index in [1.54, 1.807) is 5.57 Å². The third-order valence-corrected chi connectivity index (χ3v) is 13.4. The van der Waals surface area contributed by atoms with Crippen molar-refractivity contribution in [3.8, 4) is 0 Å². The highest BCUT2D eigenvalue weighted by Crippen LogP contribution is 2.58. The first kappa shape index (κ1) is 28.6. The van der Waals surface area contributed by atoms with E-state index in [1.807, 2.05) is 11.3 Å². The predicted molar refractivity (Wildman–Crippen MR) is 217 cm³/mol. The molecule has 0 bridgehead atoms. The number of benzene rings is 6.